The van der Waals surface area contributed by atoms with Crippen LogP contribution < -0.4 is 0 Å². The average Bonchev–Trinajstić information content (AvgIpc) is 2.06. The van der Waals surface area contributed by atoms with Crippen LogP contribution in [0.4, 0.5) is 0 Å². The van der Waals surface area contributed by atoms with Crippen molar-refractivity contribution in [2.75, 3.05) is 0 Å². The molecule has 0 atom stereocenters. The third-order valence-corrected chi connectivity index (χ3v) is 1.54. The predicted molar refractivity (Wildman–Crippen MR) is 48.1 cm³/mol. The zero-order valence-corrected chi connectivity index (χ0v) is 6.93. The number of ether oxygens (including phenoxy) is 1. The van der Waals surface area contributed by atoms with E-state index in [9.17, 15) is 0 Å². The van der Waals surface area contributed by atoms with Crippen LogP contribution >= 0.6 is 11.6 Å². The molecule has 0 radical (unpaired) electrons. The van der Waals surface area contributed by atoms with Crippen molar-refractivity contribution in [1.29, 1.82) is 10.8 Å². The van der Waals surface area contributed by atoms with Crippen molar-refractivity contribution in [2.24, 2.45) is 0 Å². The molecule has 0 heterocycles. The highest BCUT2D eigenvalue weighted by Gasteiger charge is 1.99. The van der Waals surface area contributed by atoms with E-state index >= 15 is 0 Å². The Morgan fingerprint density at radius 2 is 1.92 bits per heavy atom. The summed E-state index contributed by atoms with van der Waals surface area (Å²) in [6, 6.07) is 6.65. The molecule has 1 aromatic carbocycles. The molecule has 4 heteroatoms. The lowest BCUT2D eigenvalue weighted by molar-refractivity contribution is 0.561. The van der Waals surface area contributed by atoms with Crippen molar-refractivity contribution < 1.29 is 4.74 Å². The largest absolute Gasteiger partial charge is 0.428 e. The van der Waals surface area contributed by atoms with E-state index < -0.39 is 0 Å². The lowest BCUT2D eigenvalue weighted by Crippen LogP contribution is -2.02. The van der Waals surface area contributed by atoms with Crippen LogP contribution in [0.3, 0.4) is 0 Å². The van der Waals surface area contributed by atoms with Crippen LogP contribution in [-0.2, 0) is 4.74 Å². The van der Waals surface area contributed by atoms with Crippen molar-refractivity contribution in [2.45, 2.75) is 0 Å². The monoisotopic (exact) mass is 182 g/mol. The molecule has 12 heavy (non-hydrogen) atoms. The molecule has 0 aliphatic carbocycles. The normalized spacial score (nSPS) is 9.08. The number of nitrogens with one attached hydrogen (secondary N) is 2. The van der Waals surface area contributed by atoms with Crippen LogP contribution in [0.2, 0.25) is 5.02 Å². The molecule has 0 bridgehead atoms. The Kier molecular flexibility index (Phi) is 2.82. The van der Waals surface area contributed by atoms with Gasteiger partial charge in [-0.15, -0.1) is 0 Å². The van der Waals surface area contributed by atoms with E-state index in [0.29, 0.717) is 10.6 Å². The molecule has 0 aliphatic heterocycles. The second-order valence-corrected chi connectivity index (χ2v) is 2.51. The van der Waals surface area contributed by atoms with Crippen LogP contribution in [-0.4, -0.2) is 12.3 Å². The Balaban J connectivity index is 2.82. The molecule has 0 fully saturated rings. The standard InChI is InChI=1S/C8H7ClN2O/c9-7-3-1-6(2-4-7)8(11)12-5-10/h1-5,10-11H. The first-order valence-electron chi connectivity index (χ1n) is 3.24. The number of benzene rings is 1. The van der Waals surface area contributed by atoms with Gasteiger partial charge in [0.2, 0.25) is 5.90 Å². The van der Waals surface area contributed by atoms with Gasteiger partial charge in [-0.05, 0) is 24.3 Å². The molecule has 0 amide bonds. The van der Waals surface area contributed by atoms with Gasteiger partial charge in [-0.2, -0.15) is 0 Å². The molecular formula is C8H7ClN2O. The summed E-state index contributed by atoms with van der Waals surface area (Å²) in [7, 11) is 0. The molecular weight excluding hydrogens is 176 g/mol. The summed E-state index contributed by atoms with van der Waals surface area (Å²) in [5.74, 6) is -0.0540. The minimum atomic E-state index is -0.0540. The van der Waals surface area contributed by atoms with Gasteiger partial charge in [0.05, 0.1) is 0 Å². The molecule has 0 spiro atoms. The highest BCUT2D eigenvalue weighted by Crippen LogP contribution is 2.09. The van der Waals surface area contributed by atoms with Gasteiger partial charge in [0, 0.05) is 10.6 Å². The highest BCUT2D eigenvalue weighted by molar-refractivity contribution is 6.30. The van der Waals surface area contributed by atoms with Crippen molar-refractivity contribution in [1.82, 2.24) is 0 Å². The van der Waals surface area contributed by atoms with Crippen LogP contribution in [0.1, 0.15) is 5.56 Å². The predicted octanol–water partition coefficient (Wildman–Crippen LogP) is 2.29. The lowest BCUT2D eigenvalue weighted by atomic mass is 10.2. The fraction of sp³-hybridized carbons (Fsp3) is 0. The van der Waals surface area contributed by atoms with E-state index in [0.717, 1.165) is 6.40 Å². The van der Waals surface area contributed by atoms with E-state index in [-0.39, 0.29) is 5.90 Å². The molecule has 0 aliphatic rings. The van der Waals surface area contributed by atoms with Gasteiger partial charge < -0.3 is 4.74 Å². The molecule has 0 saturated heterocycles. The fourth-order valence-electron chi connectivity index (χ4n) is 0.728. The summed E-state index contributed by atoms with van der Waals surface area (Å²) in [5.41, 5.74) is 0.600. The number of halogens is 1. The first-order valence-corrected chi connectivity index (χ1v) is 3.62. The van der Waals surface area contributed by atoms with E-state index in [1.807, 2.05) is 0 Å². The fourth-order valence-corrected chi connectivity index (χ4v) is 0.854. The van der Waals surface area contributed by atoms with Crippen molar-refractivity contribution in [3.63, 3.8) is 0 Å². The molecule has 1 rings (SSSR count). The van der Waals surface area contributed by atoms with Crippen LogP contribution in [0, 0.1) is 10.8 Å². The number of hydrogen-bond acceptors (Lipinski definition) is 3. The smallest absolute Gasteiger partial charge is 0.220 e. The summed E-state index contributed by atoms with van der Waals surface area (Å²) in [4.78, 5) is 0. The molecule has 0 saturated carbocycles. The number of hydrogen-bond donors (Lipinski definition) is 2. The van der Waals surface area contributed by atoms with Gasteiger partial charge >= 0.3 is 0 Å². The van der Waals surface area contributed by atoms with E-state index in [4.69, 9.17) is 22.4 Å². The van der Waals surface area contributed by atoms with Gasteiger partial charge in [0.15, 0.2) is 6.40 Å². The minimum Gasteiger partial charge on any atom is -0.428 e. The molecule has 3 nitrogen and oxygen atoms in total. The van der Waals surface area contributed by atoms with Gasteiger partial charge in [-0.25, -0.2) is 0 Å². The van der Waals surface area contributed by atoms with E-state index in [1.165, 1.54) is 0 Å². The summed E-state index contributed by atoms with van der Waals surface area (Å²) in [6.07, 6.45) is 0.719. The van der Waals surface area contributed by atoms with Gasteiger partial charge in [-0.3, -0.25) is 10.8 Å². The van der Waals surface area contributed by atoms with Gasteiger partial charge in [-0.1, -0.05) is 11.6 Å². The zero-order valence-electron chi connectivity index (χ0n) is 6.17. The first-order chi connectivity index (χ1) is 5.74. The van der Waals surface area contributed by atoms with Crippen LogP contribution in [0.15, 0.2) is 24.3 Å². The van der Waals surface area contributed by atoms with Crippen LogP contribution in [0.25, 0.3) is 0 Å². The van der Waals surface area contributed by atoms with Crippen molar-refractivity contribution in [3.8, 4) is 0 Å². The molecule has 0 unspecified atom stereocenters. The zero-order chi connectivity index (χ0) is 8.97. The minimum absolute atomic E-state index is 0.0540. The Morgan fingerprint density at radius 3 is 2.42 bits per heavy atom. The Morgan fingerprint density at radius 1 is 1.33 bits per heavy atom. The van der Waals surface area contributed by atoms with Crippen molar-refractivity contribution >= 4 is 23.9 Å². The molecule has 2 N–H and O–H groups in total. The first kappa shape index (κ1) is 8.74. The maximum Gasteiger partial charge on any atom is 0.220 e. The highest BCUT2D eigenvalue weighted by atomic mass is 35.5. The van der Waals surface area contributed by atoms with E-state index in [2.05, 4.69) is 4.74 Å². The summed E-state index contributed by atoms with van der Waals surface area (Å²) in [5, 5.41) is 14.5. The van der Waals surface area contributed by atoms with Crippen LogP contribution in [0.5, 0.6) is 0 Å². The second-order valence-electron chi connectivity index (χ2n) is 2.07. The Labute approximate surface area is 74.9 Å². The second kappa shape index (κ2) is 3.88. The van der Waals surface area contributed by atoms with Gasteiger partial charge in [0.1, 0.15) is 0 Å². The topological polar surface area (TPSA) is 56.9 Å². The summed E-state index contributed by atoms with van der Waals surface area (Å²) < 4.78 is 4.55. The third kappa shape index (κ3) is 2.07. The third-order valence-electron chi connectivity index (χ3n) is 1.28. The lowest BCUT2D eigenvalue weighted by Gasteiger charge is -2.00. The van der Waals surface area contributed by atoms with Crippen molar-refractivity contribution in [3.05, 3.63) is 34.9 Å². The van der Waals surface area contributed by atoms with E-state index in [1.54, 1.807) is 24.3 Å². The Hall–Kier alpha value is -1.35. The maximum absolute atomic E-state index is 7.28. The molecule has 1 aromatic rings. The molecule has 62 valence electrons. The molecule has 0 aromatic heterocycles. The SMILES string of the molecule is N=COC(=N)c1ccc(Cl)cc1. The number of rotatable bonds is 2. The Bertz CT molecular complexity index is 294. The summed E-state index contributed by atoms with van der Waals surface area (Å²) >= 11 is 5.64. The maximum atomic E-state index is 7.28. The average molecular weight is 183 g/mol. The quantitative estimate of drug-likeness (QED) is 0.535. The van der Waals surface area contributed by atoms with Gasteiger partial charge in [0.25, 0.3) is 0 Å². The summed E-state index contributed by atoms with van der Waals surface area (Å²) in [6.45, 7) is 0.